The van der Waals surface area contributed by atoms with Crippen molar-refractivity contribution in [3.05, 3.63) is 0 Å². The topological polar surface area (TPSA) is 24.5 Å². The smallest absolute Gasteiger partial charge is 0.0880 e. The normalized spacial score (nSPS) is 39.0. The quantitative estimate of drug-likeness (QED) is 0.791. The van der Waals surface area contributed by atoms with Crippen molar-refractivity contribution in [1.29, 1.82) is 0 Å². The third-order valence-corrected chi connectivity index (χ3v) is 7.20. The Morgan fingerprint density at radius 2 is 1.79 bits per heavy atom. The van der Waals surface area contributed by atoms with E-state index in [0.717, 1.165) is 12.3 Å². The van der Waals surface area contributed by atoms with Crippen LogP contribution < -0.4 is 5.32 Å². The van der Waals surface area contributed by atoms with Gasteiger partial charge < -0.3 is 15.0 Å². The van der Waals surface area contributed by atoms with E-state index in [1.54, 1.807) is 0 Å². The highest BCUT2D eigenvalue weighted by molar-refractivity contribution is 5.33. The lowest BCUT2D eigenvalue weighted by Gasteiger charge is -2.40. The van der Waals surface area contributed by atoms with Crippen molar-refractivity contribution in [3.8, 4) is 0 Å². The minimum atomic E-state index is -0.0708. The second-order valence-electron chi connectivity index (χ2n) is 11.1. The van der Waals surface area contributed by atoms with Gasteiger partial charge in [-0.05, 0) is 79.2 Å². The Morgan fingerprint density at radius 1 is 1.17 bits per heavy atom. The maximum absolute atomic E-state index is 6.75. The highest BCUT2D eigenvalue weighted by atomic mass is 16.5. The van der Waals surface area contributed by atoms with Crippen molar-refractivity contribution >= 4 is 0 Å². The fourth-order valence-electron chi connectivity index (χ4n) is 6.14. The summed E-state index contributed by atoms with van der Waals surface area (Å²) in [5.74, 6) is 1.45. The summed E-state index contributed by atoms with van der Waals surface area (Å²) in [6.07, 6.45) is 2.46. The molecule has 4 atom stereocenters. The molecule has 0 aromatic heterocycles. The van der Waals surface area contributed by atoms with Crippen LogP contribution in [0.2, 0.25) is 0 Å². The molecule has 4 unspecified atom stereocenters. The number of likely N-dealkylation sites (tertiary alicyclic amines) is 1. The van der Waals surface area contributed by atoms with Crippen molar-refractivity contribution < 1.29 is 4.74 Å². The van der Waals surface area contributed by atoms with Crippen LogP contribution in [0.4, 0.5) is 0 Å². The summed E-state index contributed by atoms with van der Waals surface area (Å²) in [6, 6.07) is 1.24. The molecule has 1 N–H and O–H groups in total. The van der Waals surface area contributed by atoms with Gasteiger partial charge in [-0.2, -0.15) is 0 Å². The van der Waals surface area contributed by atoms with Gasteiger partial charge in [0.15, 0.2) is 0 Å². The van der Waals surface area contributed by atoms with E-state index in [2.05, 4.69) is 72.5 Å². The summed E-state index contributed by atoms with van der Waals surface area (Å²) < 4.78 is 6.75. The number of nitrogens with zero attached hydrogens (tertiary/aromatic N) is 1. The molecule has 0 aromatic rings. The highest BCUT2D eigenvalue weighted by Gasteiger charge is 2.77. The van der Waals surface area contributed by atoms with Crippen LogP contribution in [0.25, 0.3) is 0 Å². The predicted octanol–water partition coefficient (Wildman–Crippen LogP) is 4.07. The number of hydrogen-bond donors (Lipinski definition) is 1. The Kier molecular flexibility index (Phi) is 4.23. The second-order valence-corrected chi connectivity index (χ2v) is 11.1. The molecule has 0 aromatic carbocycles. The molecule has 0 spiro atoms. The molecule has 24 heavy (non-hydrogen) atoms. The highest BCUT2D eigenvalue weighted by Crippen LogP contribution is 2.62. The standard InChI is InChI=1S/C21H40N2O/c1-14(2)23-11-10-15(12-23)18(3,4)13-19(5,6)24-21(9)16-17(21)22-20(16,7)8/h14-17,22H,10-13H2,1-9H3. The Morgan fingerprint density at radius 3 is 2.21 bits per heavy atom. The molecule has 3 fully saturated rings. The first-order valence-electron chi connectivity index (χ1n) is 10.0. The Hall–Kier alpha value is -0.120. The van der Waals surface area contributed by atoms with E-state index in [9.17, 15) is 0 Å². The zero-order valence-electron chi connectivity index (χ0n) is 17.5. The van der Waals surface area contributed by atoms with Crippen molar-refractivity contribution in [2.24, 2.45) is 17.3 Å². The number of nitrogens with one attached hydrogen (secondary N) is 1. The molecular weight excluding hydrogens is 296 g/mol. The monoisotopic (exact) mass is 336 g/mol. The predicted molar refractivity (Wildman–Crippen MR) is 101 cm³/mol. The maximum Gasteiger partial charge on any atom is 0.0880 e. The SMILES string of the molecule is CC(C)N1CCC(C(C)(C)CC(C)(C)OC2(C)C3NC(C)(C)C32)C1. The average Bonchev–Trinajstić information content (AvgIpc) is 2.74. The van der Waals surface area contributed by atoms with Crippen LogP contribution in [0.5, 0.6) is 0 Å². The van der Waals surface area contributed by atoms with Crippen molar-refractivity contribution in [1.82, 2.24) is 10.2 Å². The van der Waals surface area contributed by atoms with Crippen molar-refractivity contribution in [3.63, 3.8) is 0 Å². The number of rotatable bonds is 6. The molecule has 0 radical (unpaired) electrons. The van der Waals surface area contributed by atoms with Gasteiger partial charge >= 0.3 is 0 Å². The van der Waals surface area contributed by atoms with Crippen LogP contribution in [0.1, 0.15) is 75.2 Å². The molecule has 0 bridgehead atoms. The van der Waals surface area contributed by atoms with Gasteiger partial charge in [-0.3, -0.25) is 0 Å². The molecule has 3 rings (SSSR count). The van der Waals surface area contributed by atoms with Gasteiger partial charge in [-0.1, -0.05) is 13.8 Å². The van der Waals surface area contributed by atoms with Crippen LogP contribution in [0.15, 0.2) is 0 Å². The van der Waals surface area contributed by atoms with Crippen LogP contribution in [-0.2, 0) is 4.74 Å². The minimum Gasteiger partial charge on any atom is -0.367 e. The first-order chi connectivity index (χ1) is 10.8. The third-order valence-electron chi connectivity index (χ3n) is 7.20. The number of ether oxygens (including phenoxy) is 1. The minimum absolute atomic E-state index is 0.0305. The molecule has 3 aliphatic rings. The van der Waals surface area contributed by atoms with Crippen molar-refractivity contribution in [2.45, 2.75) is 104 Å². The molecule has 0 amide bonds. The molecule has 1 saturated carbocycles. The fourth-order valence-corrected chi connectivity index (χ4v) is 6.14. The zero-order valence-corrected chi connectivity index (χ0v) is 17.5. The van der Waals surface area contributed by atoms with E-state index in [1.807, 2.05) is 0 Å². The largest absolute Gasteiger partial charge is 0.367 e. The zero-order chi connectivity index (χ0) is 18.1. The van der Waals surface area contributed by atoms with Gasteiger partial charge in [-0.15, -0.1) is 0 Å². The van der Waals surface area contributed by atoms with Gasteiger partial charge in [0.05, 0.1) is 11.2 Å². The van der Waals surface area contributed by atoms with Gasteiger partial charge in [0, 0.05) is 30.1 Å². The molecular formula is C21H40N2O. The summed E-state index contributed by atoms with van der Waals surface area (Å²) in [4.78, 5) is 2.63. The van der Waals surface area contributed by atoms with E-state index in [-0.39, 0.29) is 16.7 Å². The van der Waals surface area contributed by atoms with Gasteiger partial charge in [0.2, 0.25) is 0 Å². The molecule has 3 nitrogen and oxygen atoms in total. The summed E-state index contributed by atoms with van der Waals surface area (Å²) in [6.45, 7) is 23.6. The number of hydrogen-bond acceptors (Lipinski definition) is 3. The van der Waals surface area contributed by atoms with E-state index in [0.29, 0.717) is 23.4 Å². The molecule has 2 heterocycles. The Bertz CT molecular complexity index is 496. The van der Waals surface area contributed by atoms with Crippen LogP contribution >= 0.6 is 0 Å². The first-order valence-corrected chi connectivity index (χ1v) is 10.0. The van der Waals surface area contributed by atoms with Crippen LogP contribution in [-0.4, -0.2) is 46.8 Å². The van der Waals surface area contributed by atoms with Gasteiger partial charge in [0.25, 0.3) is 0 Å². The summed E-state index contributed by atoms with van der Waals surface area (Å²) in [7, 11) is 0. The third kappa shape index (κ3) is 3.05. The second kappa shape index (κ2) is 5.44. The fraction of sp³-hybridized carbons (Fsp3) is 1.00. The molecule has 2 saturated heterocycles. The lowest BCUT2D eigenvalue weighted by atomic mass is 9.71. The molecule has 1 aliphatic carbocycles. The van der Waals surface area contributed by atoms with Crippen LogP contribution in [0.3, 0.4) is 0 Å². The van der Waals surface area contributed by atoms with E-state index in [4.69, 9.17) is 4.74 Å². The Balaban J connectivity index is 1.60. The van der Waals surface area contributed by atoms with Crippen LogP contribution in [0, 0.1) is 17.3 Å². The van der Waals surface area contributed by atoms with E-state index >= 15 is 0 Å². The lowest BCUT2D eigenvalue weighted by Crippen LogP contribution is -2.53. The average molecular weight is 337 g/mol. The summed E-state index contributed by atoms with van der Waals surface area (Å²) in [5.41, 5.74) is 0.524. The van der Waals surface area contributed by atoms with Gasteiger partial charge in [0.1, 0.15) is 0 Å². The van der Waals surface area contributed by atoms with E-state index < -0.39 is 0 Å². The Labute approximate surface area is 149 Å². The van der Waals surface area contributed by atoms with Gasteiger partial charge in [-0.25, -0.2) is 0 Å². The lowest BCUT2D eigenvalue weighted by molar-refractivity contribution is -0.110. The van der Waals surface area contributed by atoms with Crippen molar-refractivity contribution in [2.75, 3.05) is 13.1 Å². The molecule has 2 aliphatic heterocycles. The summed E-state index contributed by atoms with van der Waals surface area (Å²) in [5, 5.41) is 3.67. The first kappa shape index (κ1) is 18.7. The maximum atomic E-state index is 6.75. The number of fused-ring (bicyclic) bond motifs is 1. The molecule has 140 valence electrons. The van der Waals surface area contributed by atoms with E-state index in [1.165, 1.54) is 19.5 Å². The summed E-state index contributed by atoms with van der Waals surface area (Å²) >= 11 is 0. The molecule has 3 heteroatoms.